The molecule has 0 radical (unpaired) electrons. The predicted octanol–water partition coefficient (Wildman–Crippen LogP) is 0.120. The number of rotatable bonds is 3. The van der Waals surface area contributed by atoms with E-state index in [1.165, 1.54) is 18.7 Å². The molecule has 2 fully saturated rings. The number of ether oxygens (including phenoxy) is 2. The molecule has 0 aliphatic carbocycles. The number of hydrogen-bond donors (Lipinski definition) is 1. The maximum absolute atomic E-state index is 12.6. The number of fused-ring (bicyclic) bond motifs is 1. The molecule has 0 saturated carbocycles. The minimum absolute atomic E-state index is 0.101. The van der Waals surface area contributed by atoms with Crippen molar-refractivity contribution in [3.8, 4) is 0 Å². The van der Waals surface area contributed by atoms with Crippen molar-refractivity contribution in [3.05, 3.63) is 0 Å². The number of carbonyl (C=O) groups is 3. The zero-order chi connectivity index (χ0) is 16.7. The van der Waals surface area contributed by atoms with Crippen LogP contribution in [0.15, 0.2) is 0 Å². The van der Waals surface area contributed by atoms with E-state index in [0.717, 1.165) is 0 Å². The summed E-state index contributed by atoms with van der Waals surface area (Å²) in [5.41, 5.74) is 4.05. The molecule has 2 N–H and O–H groups in total. The lowest BCUT2D eigenvalue weighted by molar-refractivity contribution is -0.176. The van der Waals surface area contributed by atoms with Gasteiger partial charge >= 0.3 is 11.9 Å². The van der Waals surface area contributed by atoms with Gasteiger partial charge in [-0.2, -0.15) is 0 Å². The molecule has 8 heteroatoms. The van der Waals surface area contributed by atoms with Crippen molar-refractivity contribution in [1.29, 1.82) is 0 Å². The topological polar surface area (TPSA) is 98.9 Å². The van der Waals surface area contributed by atoms with Gasteiger partial charge in [-0.25, -0.2) is 0 Å². The molecule has 0 bridgehead atoms. The van der Waals surface area contributed by atoms with E-state index in [-0.39, 0.29) is 24.4 Å². The fraction of sp³-hybridized carbons (Fsp3) is 0.786. The molecule has 2 aliphatic rings. The Morgan fingerprint density at radius 3 is 2.64 bits per heavy atom. The number of amides is 1. The first-order chi connectivity index (χ1) is 10.1. The van der Waals surface area contributed by atoms with Gasteiger partial charge in [0.25, 0.3) is 0 Å². The molecule has 124 valence electrons. The quantitative estimate of drug-likeness (QED) is 0.579. The smallest absolute Gasteiger partial charge is 0.318 e. The molecule has 2 heterocycles. The molecule has 22 heavy (non-hydrogen) atoms. The summed E-state index contributed by atoms with van der Waals surface area (Å²) in [6, 6.07) is -0.518. The molecular weight excluding hydrogens is 308 g/mol. The number of nitrogens with zero attached hydrogens (tertiary/aromatic N) is 1. The van der Waals surface area contributed by atoms with Gasteiger partial charge in [0.15, 0.2) is 0 Å². The second kappa shape index (κ2) is 5.73. The van der Waals surface area contributed by atoms with Crippen LogP contribution in [0.3, 0.4) is 0 Å². The highest BCUT2D eigenvalue weighted by atomic mass is 32.2. The molecule has 2 unspecified atom stereocenters. The summed E-state index contributed by atoms with van der Waals surface area (Å²) in [4.78, 5) is 37.2. The van der Waals surface area contributed by atoms with Crippen LogP contribution < -0.4 is 5.73 Å². The fourth-order valence-electron chi connectivity index (χ4n) is 2.42. The van der Waals surface area contributed by atoms with Gasteiger partial charge in [-0.05, 0) is 20.8 Å². The summed E-state index contributed by atoms with van der Waals surface area (Å²) < 4.78 is 10.5. The highest BCUT2D eigenvalue weighted by Gasteiger charge is 2.57. The van der Waals surface area contributed by atoms with Gasteiger partial charge in [-0.15, -0.1) is 11.8 Å². The van der Waals surface area contributed by atoms with Crippen molar-refractivity contribution in [1.82, 2.24) is 4.90 Å². The first kappa shape index (κ1) is 17.1. The summed E-state index contributed by atoms with van der Waals surface area (Å²) in [5, 5.41) is -0.111. The monoisotopic (exact) mass is 330 g/mol. The van der Waals surface area contributed by atoms with Crippen molar-refractivity contribution < 1.29 is 23.9 Å². The molecule has 3 atom stereocenters. The van der Waals surface area contributed by atoms with Gasteiger partial charge < -0.3 is 20.1 Å². The van der Waals surface area contributed by atoms with Crippen molar-refractivity contribution in [3.63, 3.8) is 0 Å². The number of β-lactam (4-membered cyclic amide) rings is 1. The van der Waals surface area contributed by atoms with Crippen LogP contribution in [0, 0.1) is 5.41 Å². The zero-order valence-electron chi connectivity index (χ0n) is 13.3. The summed E-state index contributed by atoms with van der Waals surface area (Å²) in [6.07, 6.45) is 0. The van der Waals surface area contributed by atoms with Gasteiger partial charge in [0.1, 0.15) is 29.0 Å². The Morgan fingerprint density at radius 1 is 1.45 bits per heavy atom. The van der Waals surface area contributed by atoms with E-state index >= 15 is 0 Å². The third kappa shape index (κ3) is 3.22. The average Bonchev–Trinajstić information content (AvgIpc) is 2.42. The number of thioether (sulfide) groups is 1. The van der Waals surface area contributed by atoms with Gasteiger partial charge in [-0.1, -0.05) is 0 Å². The summed E-state index contributed by atoms with van der Waals surface area (Å²) >= 11 is 1.43. The molecule has 0 aromatic carbocycles. The van der Waals surface area contributed by atoms with Crippen LogP contribution in [0.5, 0.6) is 0 Å². The molecular formula is C14H22N2O5S. The van der Waals surface area contributed by atoms with Crippen LogP contribution in [0.1, 0.15) is 27.7 Å². The van der Waals surface area contributed by atoms with Crippen molar-refractivity contribution in [2.45, 2.75) is 44.7 Å². The van der Waals surface area contributed by atoms with E-state index in [1.807, 2.05) is 0 Å². The van der Waals surface area contributed by atoms with Crippen LogP contribution in [0.4, 0.5) is 0 Å². The molecule has 2 saturated heterocycles. The molecule has 1 amide bonds. The first-order valence-corrected chi connectivity index (χ1v) is 8.15. The normalized spacial score (nSPS) is 31.1. The SMILES string of the molecule is CC(=O)OCC1(C(=O)OC(C)(C)C)CS[C@@H]2C(N)C(=O)N2C1. The highest BCUT2D eigenvalue weighted by Crippen LogP contribution is 2.42. The van der Waals surface area contributed by atoms with Gasteiger partial charge in [0, 0.05) is 19.2 Å². The van der Waals surface area contributed by atoms with Crippen LogP contribution in [-0.2, 0) is 23.9 Å². The number of esters is 2. The van der Waals surface area contributed by atoms with Crippen LogP contribution >= 0.6 is 11.8 Å². The first-order valence-electron chi connectivity index (χ1n) is 7.10. The summed E-state index contributed by atoms with van der Waals surface area (Å²) in [5.74, 6) is -0.715. The Hall–Kier alpha value is -1.28. The maximum Gasteiger partial charge on any atom is 0.318 e. The Balaban J connectivity index is 2.18. The second-order valence-electron chi connectivity index (χ2n) is 6.76. The summed E-state index contributed by atoms with van der Waals surface area (Å²) in [6.45, 7) is 6.66. The molecule has 7 nitrogen and oxygen atoms in total. The van der Waals surface area contributed by atoms with Gasteiger partial charge in [0.2, 0.25) is 5.91 Å². The van der Waals surface area contributed by atoms with Gasteiger partial charge in [0.05, 0.1) is 0 Å². The fourth-order valence-corrected chi connectivity index (χ4v) is 3.89. The van der Waals surface area contributed by atoms with Crippen LogP contribution in [0.2, 0.25) is 0 Å². The standard InChI is InChI=1S/C14H22N2O5S/c1-8(17)20-6-14(12(19)21-13(2,3)4)5-16-10(18)9(15)11(16)22-7-14/h9,11H,5-7,15H2,1-4H3/t9?,11-,14?/m1/s1. The maximum atomic E-state index is 12.6. The van der Waals surface area contributed by atoms with E-state index < -0.39 is 29.0 Å². The third-order valence-corrected chi connectivity index (χ3v) is 5.18. The Bertz CT molecular complexity index is 504. The minimum atomic E-state index is -1.05. The van der Waals surface area contributed by atoms with E-state index in [4.69, 9.17) is 15.2 Å². The lowest BCUT2D eigenvalue weighted by Crippen LogP contribution is -2.72. The summed E-state index contributed by atoms with van der Waals surface area (Å²) in [7, 11) is 0. The lowest BCUT2D eigenvalue weighted by atomic mass is 9.87. The highest BCUT2D eigenvalue weighted by molar-refractivity contribution is 8.00. The van der Waals surface area contributed by atoms with Crippen molar-refractivity contribution >= 4 is 29.6 Å². The largest absolute Gasteiger partial charge is 0.465 e. The molecule has 2 aliphatic heterocycles. The van der Waals surface area contributed by atoms with Gasteiger partial charge in [-0.3, -0.25) is 14.4 Å². The molecule has 0 aromatic heterocycles. The average molecular weight is 330 g/mol. The number of hydrogen-bond acceptors (Lipinski definition) is 7. The lowest BCUT2D eigenvalue weighted by Gasteiger charge is -2.53. The van der Waals surface area contributed by atoms with E-state index in [1.54, 1.807) is 25.7 Å². The number of carbonyl (C=O) groups excluding carboxylic acids is 3. The Labute approximate surface area is 133 Å². The van der Waals surface area contributed by atoms with E-state index in [2.05, 4.69) is 0 Å². The van der Waals surface area contributed by atoms with Crippen molar-refractivity contribution in [2.75, 3.05) is 18.9 Å². The van der Waals surface area contributed by atoms with E-state index in [9.17, 15) is 14.4 Å². The van der Waals surface area contributed by atoms with Crippen LogP contribution in [0.25, 0.3) is 0 Å². The van der Waals surface area contributed by atoms with Crippen LogP contribution in [-0.4, -0.2) is 58.7 Å². The Kier molecular flexibility index (Phi) is 4.45. The molecule has 0 spiro atoms. The minimum Gasteiger partial charge on any atom is -0.465 e. The third-order valence-electron chi connectivity index (χ3n) is 3.57. The van der Waals surface area contributed by atoms with Crippen molar-refractivity contribution in [2.24, 2.45) is 11.1 Å². The van der Waals surface area contributed by atoms with E-state index in [0.29, 0.717) is 5.75 Å². The Morgan fingerprint density at radius 2 is 2.09 bits per heavy atom. The molecule has 0 aromatic rings. The predicted molar refractivity (Wildman–Crippen MR) is 80.8 cm³/mol. The second-order valence-corrected chi connectivity index (χ2v) is 7.86. The molecule has 2 rings (SSSR count). The zero-order valence-corrected chi connectivity index (χ0v) is 14.1. The number of nitrogens with two attached hydrogens (primary N) is 1.